The molecule has 2 aliphatic rings. The number of hydrogen-bond acceptors (Lipinski definition) is 2. The number of piperazine rings is 1. The van der Waals surface area contributed by atoms with Crippen LogP contribution in [-0.2, 0) is 0 Å². The number of nitrogens with zero attached hydrogens (tertiary/aromatic N) is 1. The number of nitrogens with one attached hydrogen (secondary N) is 1. The van der Waals surface area contributed by atoms with E-state index in [9.17, 15) is 0 Å². The van der Waals surface area contributed by atoms with Crippen LogP contribution in [0.5, 0.6) is 0 Å². The van der Waals surface area contributed by atoms with Gasteiger partial charge in [-0.1, -0.05) is 56.5 Å². The summed E-state index contributed by atoms with van der Waals surface area (Å²) in [4.78, 5) is 2.73. The molecule has 0 amide bonds. The van der Waals surface area contributed by atoms with Gasteiger partial charge >= 0.3 is 0 Å². The van der Waals surface area contributed by atoms with Gasteiger partial charge in [0.05, 0.1) is 0 Å². The van der Waals surface area contributed by atoms with Crippen LogP contribution in [0.1, 0.15) is 50.6 Å². The van der Waals surface area contributed by atoms with Crippen LogP contribution in [-0.4, -0.2) is 31.1 Å². The zero-order chi connectivity index (χ0) is 13.8. The minimum atomic E-state index is 0.544. The molecular weight excluding hydrogens is 244 g/mol. The van der Waals surface area contributed by atoms with Crippen molar-refractivity contribution in [2.45, 2.75) is 45.1 Å². The first-order valence-corrected chi connectivity index (χ1v) is 8.27. The molecule has 1 aliphatic carbocycles. The van der Waals surface area contributed by atoms with Crippen LogP contribution in [0.2, 0.25) is 0 Å². The first kappa shape index (κ1) is 14.1. The first-order chi connectivity index (χ1) is 9.77. The largest absolute Gasteiger partial charge is 0.314 e. The van der Waals surface area contributed by atoms with Gasteiger partial charge in [0, 0.05) is 32.2 Å². The molecule has 1 aliphatic heterocycles. The molecule has 0 radical (unpaired) electrons. The van der Waals surface area contributed by atoms with Crippen molar-refractivity contribution < 1.29 is 0 Å². The SMILES string of the molecule is CC1(CN2CCNCC2c2ccccc2)CCCCC1. The summed E-state index contributed by atoms with van der Waals surface area (Å²) in [6.45, 7) is 7.21. The Morgan fingerprint density at radius 2 is 1.90 bits per heavy atom. The summed E-state index contributed by atoms with van der Waals surface area (Å²) in [6, 6.07) is 11.6. The van der Waals surface area contributed by atoms with Gasteiger partial charge in [-0.25, -0.2) is 0 Å². The van der Waals surface area contributed by atoms with Crippen LogP contribution >= 0.6 is 0 Å². The second-order valence-electron chi connectivity index (χ2n) is 6.97. The van der Waals surface area contributed by atoms with Gasteiger partial charge in [-0.2, -0.15) is 0 Å². The second-order valence-corrected chi connectivity index (χ2v) is 6.97. The highest BCUT2D eigenvalue weighted by molar-refractivity contribution is 5.20. The fraction of sp³-hybridized carbons (Fsp3) is 0.667. The molecule has 1 N–H and O–H groups in total. The monoisotopic (exact) mass is 272 g/mol. The summed E-state index contributed by atoms with van der Waals surface area (Å²) in [5.74, 6) is 0. The van der Waals surface area contributed by atoms with Crippen molar-refractivity contribution in [3.8, 4) is 0 Å². The quantitative estimate of drug-likeness (QED) is 0.904. The molecule has 0 bridgehead atoms. The van der Waals surface area contributed by atoms with Gasteiger partial charge < -0.3 is 5.32 Å². The third-order valence-electron chi connectivity index (χ3n) is 5.18. The van der Waals surface area contributed by atoms with Crippen molar-refractivity contribution in [3.05, 3.63) is 35.9 Å². The molecule has 2 nitrogen and oxygen atoms in total. The Morgan fingerprint density at radius 3 is 2.65 bits per heavy atom. The fourth-order valence-electron chi connectivity index (χ4n) is 3.99. The van der Waals surface area contributed by atoms with Crippen molar-refractivity contribution >= 4 is 0 Å². The van der Waals surface area contributed by atoms with E-state index in [1.807, 2.05) is 0 Å². The minimum absolute atomic E-state index is 0.544. The van der Waals surface area contributed by atoms with Crippen LogP contribution in [0.15, 0.2) is 30.3 Å². The fourth-order valence-corrected chi connectivity index (χ4v) is 3.99. The Balaban J connectivity index is 1.72. The molecule has 1 saturated carbocycles. The maximum atomic E-state index is 3.57. The lowest BCUT2D eigenvalue weighted by molar-refractivity contribution is 0.0732. The summed E-state index contributed by atoms with van der Waals surface area (Å²) in [5, 5.41) is 3.57. The third kappa shape index (κ3) is 3.24. The maximum Gasteiger partial charge on any atom is 0.0473 e. The van der Waals surface area contributed by atoms with E-state index < -0.39 is 0 Å². The standard InChI is InChI=1S/C18H28N2/c1-18(10-6-3-7-11-18)15-20-13-12-19-14-17(20)16-8-4-2-5-9-16/h2,4-5,8-9,17,19H,3,6-7,10-15H2,1H3. The minimum Gasteiger partial charge on any atom is -0.314 e. The molecule has 1 heterocycles. The van der Waals surface area contributed by atoms with Gasteiger partial charge in [0.15, 0.2) is 0 Å². The Bertz CT molecular complexity index is 409. The average Bonchev–Trinajstić information content (AvgIpc) is 2.49. The molecular formula is C18H28N2. The number of rotatable bonds is 3. The summed E-state index contributed by atoms with van der Waals surface area (Å²) in [7, 11) is 0. The van der Waals surface area contributed by atoms with E-state index in [0.717, 1.165) is 13.1 Å². The van der Waals surface area contributed by atoms with Crippen molar-refractivity contribution in [1.82, 2.24) is 10.2 Å². The van der Waals surface area contributed by atoms with Gasteiger partial charge in [0.25, 0.3) is 0 Å². The summed E-state index contributed by atoms with van der Waals surface area (Å²) in [6.07, 6.45) is 7.13. The smallest absolute Gasteiger partial charge is 0.0473 e. The van der Waals surface area contributed by atoms with Crippen LogP contribution in [0, 0.1) is 5.41 Å². The number of benzene rings is 1. The van der Waals surface area contributed by atoms with Crippen LogP contribution in [0.25, 0.3) is 0 Å². The van der Waals surface area contributed by atoms with Gasteiger partial charge in [-0.3, -0.25) is 4.90 Å². The van der Waals surface area contributed by atoms with Crippen LogP contribution in [0.3, 0.4) is 0 Å². The molecule has 1 atom stereocenters. The number of hydrogen-bond donors (Lipinski definition) is 1. The van der Waals surface area contributed by atoms with E-state index in [0.29, 0.717) is 11.5 Å². The van der Waals surface area contributed by atoms with Gasteiger partial charge in [0.2, 0.25) is 0 Å². The summed E-state index contributed by atoms with van der Waals surface area (Å²) >= 11 is 0. The Labute approximate surface area is 123 Å². The molecule has 20 heavy (non-hydrogen) atoms. The van der Waals surface area contributed by atoms with E-state index in [2.05, 4.69) is 47.5 Å². The molecule has 3 rings (SSSR count). The molecule has 0 aromatic heterocycles. The van der Waals surface area contributed by atoms with E-state index in [1.165, 1.54) is 50.8 Å². The van der Waals surface area contributed by atoms with Crippen LogP contribution < -0.4 is 5.32 Å². The molecule has 1 aromatic rings. The zero-order valence-electron chi connectivity index (χ0n) is 12.8. The summed E-state index contributed by atoms with van der Waals surface area (Å²) in [5.41, 5.74) is 2.02. The Kier molecular flexibility index (Phi) is 4.42. The average molecular weight is 272 g/mol. The molecule has 110 valence electrons. The van der Waals surface area contributed by atoms with Gasteiger partial charge in [-0.15, -0.1) is 0 Å². The molecule has 2 fully saturated rings. The normalized spacial score (nSPS) is 27.4. The summed E-state index contributed by atoms with van der Waals surface area (Å²) < 4.78 is 0. The predicted octanol–water partition coefficient (Wildman–Crippen LogP) is 3.60. The highest BCUT2D eigenvalue weighted by Crippen LogP contribution is 2.38. The van der Waals surface area contributed by atoms with E-state index in [4.69, 9.17) is 0 Å². The lowest BCUT2D eigenvalue weighted by Crippen LogP contribution is -2.49. The highest BCUT2D eigenvalue weighted by Gasteiger charge is 2.33. The molecule has 0 spiro atoms. The lowest BCUT2D eigenvalue weighted by atomic mass is 9.75. The predicted molar refractivity (Wildman–Crippen MR) is 84.8 cm³/mol. The first-order valence-electron chi connectivity index (χ1n) is 8.27. The molecule has 2 heteroatoms. The maximum absolute atomic E-state index is 3.57. The second kappa shape index (κ2) is 6.28. The van der Waals surface area contributed by atoms with Gasteiger partial charge in [0.1, 0.15) is 0 Å². The van der Waals surface area contributed by atoms with Crippen molar-refractivity contribution in [1.29, 1.82) is 0 Å². The lowest BCUT2D eigenvalue weighted by Gasteiger charge is -2.44. The van der Waals surface area contributed by atoms with E-state index in [1.54, 1.807) is 0 Å². The topological polar surface area (TPSA) is 15.3 Å². The van der Waals surface area contributed by atoms with Crippen molar-refractivity contribution in [3.63, 3.8) is 0 Å². The molecule has 1 aromatic carbocycles. The van der Waals surface area contributed by atoms with E-state index >= 15 is 0 Å². The third-order valence-corrected chi connectivity index (χ3v) is 5.18. The van der Waals surface area contributed by atoms with Crippen molar-refractivity contribution in [2.75, 3.05) is 26.2 Å². The molecule has 1 saturated heterocycles. The van der Waals surface area contributed by atoms with Gasteiger partial charge in [-0.05, 0) is 23.8 Å². The van der Waals surface area contributed by atoms with E-state index in [-0.39, 0.29) is 0 Å². The molecule has 1 unspecified atom stereocenters. The Hall–Kier alpha value is -0.860. The van der Waals surface area contributed by atoms with Crippen molar-refractivity contribution in [2.24, 2.45) is 5.41 Å². The van der Waals surface area contributed by atoms with Crippen LogP contribution in [0.4, 0.5) is 0 Å². The zero-order valence-corrected chi connectivity index (χ0v) is 12.8. The highest BCUT2D eigenvalue weighted by atomic mass is 15.2. The Morgan fingerprint density at radius 1 is 1.15 bits per heavy atom.